The molecule has 8 heteroatoms. The predicted molar refractivity (Wildman–Crippen MR) is 109 cm³/mol. The van der Waals surface area contributed by atoms with Crippen molar-refractivity contribution >= 4 is 23.1 Å². The van der Waals surface area contributed by atoms with Crippen molar-refractivity contribution in [2.45, 2.75) is 19.3 Å². The lowest BCUT2D eigenvalue weighted by molar-refractivity contribution is -0.120. The molecular formula is C21H26FN5O2. The largest absolute Gasteiger partial charge is 0.398 e. The molecule has 29 heavy (non-hydrogen) atoms. The number of carbonyl (C=O) groups is 2. The number of fused-ring (bicyclic) bond motifs is 1. The highest BCUT2D eigenvalue weighted by atomic mass is 19.1. The topological polar surface area (TPSA) is 113 Å². The van der Waals surface area contributed by atoms with Crippen LogP contribution in [0.15, 0.2) is 29.6 Å². The number of amides is 2. The normalized spacial score (nSPS) is 24.9. The van der Waals surface area contributed by atoms with E-state index in [0.29, 0.717) is 18.5 Å². The van der Waals surface area contributed by atoms with E-state index in [0.717, 1.165) is 36.4 Å². The molecule has 2 heterocycles. The smallest absolute Gasteiger partial charge is 0.258 e. The van der Waals surface area contributed by atoms with Crippen molar-refractivity contribution in [1.29, 1.82) is 0 Å². The van der Waals surface area contributed by atoms with Crippen LogP contribution in [-0.2, 0) is 4.79 Å². The molecule has 7 nitrogen and oxygen atoms in total. The highest BCUT2D eigenvalue weighted by Gasteiger charge is 2.51. The first-order valence-electron chi connectivity index (χ1n) is 9.73. The minimum atomic E-state index is -0.596. The number of nitrogen functional groups attached to an aromatic ring is 1. The number of nitrogens with one attached hydrogen (secondary N) is 2. The zero-order valence-electron chi connectivity index (χ0n) is 16.6. The van der Waals surface area contributed by atoms with Gasteiger partial charge in [-0.15, -0.1) is 0 Å². The van der Waals surface area contributed by atoms with Crippen LogP contribution in [0.1, 0.15) is 35.2 Å². The summed E-state index contributed by atoms with van der Waals surface area (Å²) in [7, 11) is 3.14. The summed E-state index contributed by atoms with van der Waals surface area (Å²) >= 11 is 0. The van der Waals surface area contributed by atoms with Gasteiger partial charge in [0.25, 0.3) is 5.91 Å². The Kier molecular flexibility index (Phi) is 4.52. The predicted octanol–water partition coefficient (Wildman–Crippen LogP) is 1.18. The van der Waals surface area contributed by atoms with E-state index in [9.17, 15) is 9.59 Å². The van der Waals surface area contributed by atoms with E-state index < -0.39 is 11.7 Å². The lowest BCUT2D eigenvalue weighted by Gasteiger charge is -2.46. The number of nitrogens with two attached hydrogens (primary N) is 2. The Morgan fingerprint density at radius 1 is 1.28 bits per heavy atom. The number of hydrogen-bond donors (Lipinski definition) is 4. The molecule has 2 amide bonds. The van der Waals surface area contributed by atoms with E-state index in [1.54, 1.807) is 26.2 Å². The van der Waals surface area contributed by atoms with Crippen LogP contribution in [0, 0.1) is 17.2 Å². The van der Waals surface area contributed by atoms with Crippen molar-refractivity contribution in [2.75, 3.05) is 32.9 Å². The Hall–Kier alpha value is -3.03. The summed E-state index contributed by atoms with van der Waals surface area (Å²) in [6.45, 7) is 1.24. The van der Waals surface area contributed by atoms with E-state index in [1.807, 2.05) is 6.08 Å². The van der Waals surface area contributed by atoms with E-state index >= 15 is 4.39 Å². The Morgan fingerprint density at radius 2 is 2.00 bits per heavy atom. The molecule has 0 unspecified atom stereocenters. The van der Waals surface area contributed by atoms with Crippen LogP contribution in [0.25, 0.3) is 5.57 Å². The highest BCUT2D eigenvalue weighted by molar-refractivity contribution is 6.00. The molecule has 4 rings (SSSR count). The van der Waals surface area contributed by atoms with Gasteiger partial charge in [-0.25, -0.2) is 4.39 Å². The van der Waals surface area contributed by atoms with Gasteiger partial charge in [0.1, 0.15) is 11.6 Å². The molecule has 6 N–H and O–H groups in total. The second-order valence-electron chi connectivity index (χ2n) is 8.48. The molecule has 1 spiro atoms. The molecule has 1 aromatic rings. The number of benzene rings is 1. The average molecular weight is 399 g/mol. The van der Waals surface area contributed by atoms with Crippen molar-refractivity contribution in [3.8, 4) is 0 Å². The SMILES string of the molecule is CN(C)C(=O)c1c(N)ccc(C2=CC3=C(NC2)NCC32CC(CC(N)=O)C2)c1F. The van der Waals surface area contributed by atoms with E-state index in [1.165, 1.54) is 4.90 Å². The zero-order chi connectivity index (χ0) is 20.9. The van der Waals surface area contributed by atoms with Gasteiger partial charge in [0.2, 0.25) is 5.91 Å². The molecule has 0 saturated heterocycles. The lowest BCUT2D eigenvalue weighted by atomic mass is 9.58. The minimum absolute atomic E-state index is 0.0549. The third kappa shape index (κ3) is 3.12. The molecule has 0 aromatic heterocycles. The number of carbonyl (C=O) groups excluding carboxylic acids is 2. The molecule has 1 aliphatic carbocycles. The van der Waals surface area contributed by atoms with Crippen LogP contribution < -0.4 is 22.1 Å². The van der Waals surface area contributed by atoms with Gasteiger partial charge in [-0.2, -0.15) is 0 Å². The van der Waals surface area contributed by atoms with E-state index in [2.05, 4.69) is 10.6 Å². The summed E-state index contributed by atoms with van der Waals surface area (Å²) in [5, 5.41) is 6.74. The fourth-order valence-corrected chi connectivity index (χ4v) is 4.80. The fraction of sp³-hybridized carbons (Fsp3) is 0.429. The monoisotopic (exact) mass is 399 g/mol. The number of halogens is 1. The number of dihydropyridines is 1. The van der Waals surface area contributed by atoms with Gasteiger partial charge >= 0.3 is 0 Å². The molecule has 2 aliphatic heterocycles. The van der Waals surface area contributed by atoms with E-state index in [4.69, 9.17) is 11.5 Å². The summed E-state index contributed by atoms with van der Waals surface area (Å²) in [4.78, 5) is 24.9. The minimum Gasteiger partial charge on any atom is -0.398 e. The molecule has 1 aromatic carbocycles. The van der Waals surface area contributed by atoms with Crippen LogP contribution in [0.4, 0.5) is 10.1 Å². The summed E-state index contributed by atoms with van der Waals surface area (Å²) in [5.41, 5.74) is 13.5. The van der Waals surface area contributed by atoms with Gasteiger partial charge in [0.15, 0.2) is 0 Å². The zero-order valence-corrected chi connectivity index (χ0v) is 16.6. The summed E-state index contributed by atoms with van der Waals surface area (Å²) < 4.78 is 15.3. The van der Waals surface area contributed by atoms with Crippen molar-refractivity contribution < 1.29 is 14.0 Å². The van der Waals surface area contributed by atoms with Crippen LogP contribution >= 0.6 is 0 Å². The maximum absolute atomic E-state index is 15.3. The molecular weight excluding hydrogens is 373 g/mol. The molecule has 1 fully saturated rings. The number of nitrogens with zero attached hydrogens (tertiary/aromatic N) is 1. The molecule has 0 radical (unpaired) electrons. The standard InChI is InChI=1S/C21H26FN5O2/c1-27(2)20(29)17-15(23)4-3-13(18(17)22)12-6-14-19(25-9-12)26-10-21(14)7-11(8-21)5-16(24)28/h3-4,6,11,25-26H,5,7-10,23H2,1-2H3,(H2,24,28). The quantitative estimate of drug-likeness (QED) is 0.568. The van der Waals surface area contributed by atoms with Gasteiger partial charge in [-0.1, -0.05) is 0 Å². The number of anilines is 1. The van der Waals surface area contributed by atoms with Crippen molar-refractivity contribution in [1.82, 2.24) is 15.5 Å². The summed E-state index contributed by atoms with van der Waals surface area (Å²) in [5.74, 6) is -0.0753. The molecule has 3 aliphatic rings. The lowest BCUT2D eigenvalue weighted by Crippen LogP contribution is -2.42. The Bertz CT molecular complexity index is 960. The summed E-state index contributed by atoms with van der Waals surface area (Å²) in [6.07, 6.45) is 4.17. The third-order valence-corrected chi connectivity index (χ3v) is 6.21. The number of primary amides is 1. The maximum atomic E-state index is 15.3. The number of hydrogen-bond acceptors (Lipinski definition) is 5. The van der Waals surface area contributed by atoms with E-state index in [-0.39, 0.29) is 28.5 Å². The van der Waals surface area contributed by atoms with Gasteiger partial charge in [0, 0.05) is 55.8 Å². The molecule has 0 atom stereocenters. The van der Waals surface area contributed by atoms with Crippen molar-refractivity contribution in [3.63, 3.8) is 0 Å². The molecule has 0 bridgehead atoms. The Balaban J connectivity index is 1.66. The fourth-order valence-electron chi connectivity index (χ4n) is 4.80. The molecule has 154 valence electrons. The third-order valence-electron chi connectivity index (χ3n) is 6.21. The molecule has 1 saturated carbocycles. The van der Waals surface area contributed by atoms with Crippen LogP contribution in [0.2, 0.25) is 0 Å². The second-order valence-corrected chi connectivity index (χ2v) is 8.48. The van der Waals surface area contributed by atoms with Gasteiger partial charge < -0.3 is 27.0 Å². The number of rotatable bonds is 4. The Morgan fingerprint density at radius 3 is 2.66 bits per heavy atom. The van der Waals surface area contributed by atoms with Gasteiger partial charge in [-0.3, -0.25) is 9.59 Å². The average Bonchev–Trinajstić information content (AvgIpc) is 3.00. The first-order chi connectivity index (χ1) is 13.7. The van der Waals surface area contributed by atoms with Crippen LogP contribution in [0.3, 0.4) is 0 Å². The first kappa shape index (κ1) is 19.3. The Labute approximate surface area is 169 Å². The number of allylic oxidation sites excluding steroid dienone is 1. The van der Waals surface area contributed by atoms with Crippen LogP contribution in [0.5, 0.6) is 0 Å². The summed E-state index contributed by atoms with van der Waals surface area (Å²) in [6, 6.07) is 3.21. The van der Waals surface area contributed by atoms with Crippen LogP contribution in [-0.4, -0.2) is 43.9 Å². The maximum Gasteiger partial charge on any atom is 0.258 e. The highest BCUT2D eigenvalue weighted by Crippen LogP contribution is 2.55. The van der Waals surface area contributed by atoms with Gasteiger partial charge in [0.05, 0.1) is 5.56 Å². The van der Waals surface area contributed by atoms with Crippen molar-refractivity contribution in [2.24, 2.45) is 17.1 Å². The second kappa shape index (κ2) is 6.79. The van der Waals surface area contributed by atoms with Gasteiger partial charge in [-0.05, 0) is 42.5 Å². The van der Waals surface area contributed by atoms with Crippen molar-refractivity contribution in [3.05, 3.63) is 46.5 Å². The first-order valence-corrected chi connectivity index (χ1v) is 9.73.